The fourth-order valence-corrected chi connectivity index (χ4v) is 3.57. The van der Waals surface area contributed by atoms with E-state index >= 15 is 0 Å². The molecule has 0 spiro atoms. The summed E-state index contributed by atoms with van der Waals surface area (Å²) in [5.74, 6) is 0.0380. The van der Waals surface area contributed by atoms with Crippen LogP contribution in [0.15, 0.2) is 58.3 Å². The number of benzene rings is 2. The molecule has 1 aliphatic rings. The van der Waals surface area contributed by atoms with Gasteiger partial charge in [-0.1, -0.05) is 35.5 Å². The highest BCUT2D eigenvalue weighted by Crippen LogP contribution is 2.33. The number of carbonyl (C=O) groups excluding carboxylic acids is 1. The van der Waals surface area contributed by atoms with Crippen molar-refractivity contribution < 1.29 is 14.4 Å². The Kier molecular flexibility index (Phi) is 6.15. The molecular weight excluding hydrogens is 344 g/mol. The molecule has 2 aromatic carbocycles. The van der Waals surface area contributed by atoms with Crippen LogP contribution in [0.1, 0.15) is 0 Å². The topological polar surface area (TPSA) is 42.8 Å². The molecule has 0 saturated carbocycles. The summed E-state index contributed by atoms with van der Waals surface area (Å²) >= 11 is 7.54. The van der Waals surface area contributed by atoms with Crippen molar-refractivity contribution in [3.63, 3.8) is 0 Å². The predicted molar refractivity (Wildman–Crippen MR) is 97.0 cm³/mol. The first-order valence-corrected chi connectivity index (χ1v) is 9.14. The van der Waals surface area contributed by atoms with E-state index in [0.29, 0.717) is 6.54 Å². The molecule has 1 saturated heterocycles. The summed E-state index contributed by atoms with van der Waals surface area (Å²) in [5, 5.41) is 3.76. The SMILES string of the molecule is O=C(C[NH+]1CCOCC1)Nc1ccccc1Sc1ccc(Cl)cc1. The van der Waals surface area contributed by atoms with Crippen LogP contribution >= 0.6 is 23.4 Å². The summed E-state index contributed by atoms with van der Waals surface area (Å²) in [6.07, 6.45) is 0. The summed E-state index contributed by atoms with van der Waals surface area (Å²) in [7, 11) is 0. The van der Waals surface area contributed by atoms with Crippen molar-refractivity contribution in [2.24, 2.45) is 0 Å². The van der Waals surface area contributed by atoms with Crippen molar-refractivity contribution in [2.45, 2.75) is 9.79 Å². The van der Waals surface area contributed by atoms with Crippen LogP contribution < -0.4 is 10.2 Å². The Morgan fingerprint density at radius 1 is 1.12 bits per heavy atom. The molecule has 1 heterocycles. The minimum absolute atomic E-state index is 0.0380. The first kappa shape index (κ1) is 17.3. The van der Waals surface area contributed by atoms with Gasteiger partial charge in [-0.2, -0.15) is 0 Å². The number of nitrogens with one attached hydrogen (secondary N) is 2. The van der Waals surface area contributed by atoms with Gasteiger partial charge in [0, 0.05) is 14.8 Å². The van der Waals surface area contributed by atoms with E-state index < -0.39 is 0 Å². The number of anilines is 1. The second-order valence-electron chi connectivity index (χ2n) is 5.64. The Morgan fingerprint density at radius 2 is 1.83 bits per heavy atom. The van der Waals surface area contributed by atoms with Gasteiger partial charge in [-0.05, 0) is 36.4 Å². The van der Waals surface area contributed by atoms with Gasteiger partial charge in [-0.15, -0.1) is 0 Å². The molecule has 0 atom stereocenters. The zero-order valence-electron chi connectivity index (χ0n) is 13.3. The Bertz CT molecular complexity index is 688. The van der Waals surface area contributed by atoms with Crippen molar-refractivity contribution in [2.75, 3.05) is 38.2 Å². The minimum atomic E-state index is 0.0380. The fourth-order valence-electron chi connectivity index (χ4n) is 2.55. The van der Waals surface area contributed by atoms with Crippen LogP contribution in [-0.4, -0.2) is 38.8 Å². The van der Waals surface area contributed by atoms with Crippen molar-refractivity contribution in [1.82, 2.24) is 0 Å². The molecule has 0 unspecified atom stereocenters. The van der Waals surface area contributed by atoms with Gasteiger partial charge in [0.05, 0.1) is 18.9 Å². The molecule has 4 nitrogen and oxygen atoms in total. The molecule has 0 aliphatic carbocycles. The number of ether oxygens (including phenoxy) is 1. The van der Waals surface area contributed by atoms with Crippen LogP contribution in [0.3, 0.4) is 0 Å². The molecular formula is C18H20ClN2O2S+. The van der Waals surface area contributed by atoms with Gasteiger partial charge in [0.1, 0.15) is 13.1 Å². The van der Waals surface area contributed by atoms with E-state index in [1.54, 1.807) is 11.8 Å². The monoisotopic (exact) mass is 363 g/mol. The number of quaternary nitrogens is 1. The summed E-state index contributed by atoms with van der Waals surface area (Å²) < 4.78 is 5.33. The molecule has 1 amide bonds. The molecule has 2 aromatic rings. The molecule has 0 bridgehead atoms. The molecule has 0 aromatic heterocycles. The highest BCUT2D eigenvalue weighted by atomic mass is 35.5. The normalized spacial score (nSPS) is 15.2. The first-order valence-electron chi connectivity index (χ1n) is 7.94. The van der Waals surface area contributed by atoms with Gasteiger partial charge in [0.2, 0.25) is 0 Å². The van der Waals surface area contributed by atoms with Gasteiger partial charge in [-0.3, -0.25) is 4.79 Å². The summed E-state index contributed by atoms with van der Waals surface area (Å²) in [6, 6.07) is 15.5. The summed E-state index contributed by atoms with van der Waals surface area (Å²) in [4.78, 5) is 15.7. The predicted octanol–water partition coefficient (Wildman–Crippen LogP) is 2.34. The lowest BCUT2D eigenvalue weighted by Crippen LogP contribution is -3.15. The quantitative estimate of drug-likeness (QED) is 0.857. The van der Waals surface area contributed by atoms with E-state index in [-0.39, 0.29) is 5.91 Å². The van der Waals surface area contributed by atoms with Crippen molar-refractivity contribution in [3.8, 4) is 0 Å². The zero-order valence-corrected chi connectivity index (χ0v) is 14.8. The lowest BCUT2D eigenvalue weighted by molar-refractivity contribution is -0.899. The number of amides is 1. The molecule has 126 valence electrons. The average molecular weight is 364 g/mol. The second-order valence-corrected chi connectivity index (χ2v) is 7.19. The Morgan fingerprint density at radius 3 is 2.58 bits per heavy atom. The van der Waals surface area contributed by atoms with E-state index in [4.69, 9.17) is 16.3 Å². The van der Waals surface area contributed by atoms with Gasteiger partial charge in [0.15, 0.2) is 6.54 Å². The van der Waals surface area contributed by atoms with E-state index in [2.05, 4.69) is 5.32 Å². The lowest BCUT2D eigenvalue weighted by atomic mass is 10.3. The van der Waals surface area contributed by atoms with Gasteiger partial charge in [0.25, 0.3) is 5.91 Å². The van der Waals surface area contributed by atoms with E-state index in [9.17, 15) is 4.79 Å². The lowest BCUT2D eigenvalue weighted by Gasteiger charge is -2.23. The molecule has 6 heteroatoms. The zero-order chi connectivity index (χ0) is 16.8. The first-order chi connectivity index (χ1) is 11.7. The largest absolute Gasteiger partial charge is 0.370 e. The number of morpholine rings is 1. The molecule has 24 heavy (non-hydrogen) atoms. The van der Waals surface area contributed by atoms with Gasteiger partial charge >= 0.3 is 0 Å². The molecule has 0 radical (unpaired) electrons. The van der Waals surface area contributed by atoms with Crippen LogP contribution in [0.25, 0.3) is 0 Å². The number of para-hydroxylation sites is 1. The Hall–Kier alpha value is -1.53. The van der Waals surface area contributed by atoms with Crippen LogP contribution in [0, 0.1) is 0 Å². The highest BCUT2D eigenvalue weighted by molar-refractivity contribution is 7.99. The third-order valence-electron chi connectivity index (χ3n) is 3.81. The van der Waals surface area contributed by atoms with Crippen LogP contribution in [0.2, 0.25) is 5.02 Å². The average Bonchev–Trinajstić information content (AvgIpc) is 2.59. The maximum absolute atomic E-state index is 12.3. The van der Waals surface area contributed by atoms with E-state index in [1.807, 2.05) is 48.5 Å². The number of hydrogen-bond acceptors (Lipinski definition) is 3. The van der Waals surface area contributed by atoms with E-state index in [1.165, 1.54) is 4.90 Å². The van der Waals surface area contributed by atoms with Crippen molar-refractivity contribution >= 4 is 35.0 Å². The standard InChI is InChI=1S/C18H19ClN2O2S/c19-14-5-7-15(8-6-14)24-17-4-2-1-3-16(17)20-18(22)13-21-9-11-23-12-10-21/h1-8H,9-13H2,(H,20,22)/p+1. The molecule has 1 aliphatic heterocycles. The number of carbonyl (C=O) groups is 1. The smallest absolute Gasteiger partial charge is 0.279 e. The third kappa shape index (κ3) is 4.98. The van der Waals surface area contributed by atoms with Crippen molar-refractivity contribution in [3.05, 3.63) is 53.6 Å². The third-order valence-corrected chi connectivity index (χ3v) is 5.15. The maximum Gasteiger partial charge on any atom is 0.279 e. The second kappa shape index (κ2) is 8.53. The van der Waals surface area contributed by atoms with Crippen molar-refractivity contribution in [1.29, 1.82) is 0 Å². The Balaban J connectivity index is 1.64. The van der Waals surface area contributed by atoms with E-state index in [0.717, 1.165) is 46.8 Å². The molecule has 3 rings (SSSR count). The fraction of sp³-hybridized carbons (Fsp3) is 0.278. The van der Waals surface area contributed by atoms with Crippen LogP contribution in [0.4, 0.5) is 5.69 Å². The number of rotatable bonds is 5. The summed E-state index contributed by atoms with van der Waals surface area (Å²) in [6.45, 7) is 3.70. The van der Waals surface area contributed by atoms with Gasteiger partial charge < -0.3 is 15.0 Å². The maximum atomic E-state index is 12.3. The van der Waals surface area contributed by atoms with Crippen LogP contribution in [-0.2, 0) is 9.53 Å². The molecule has 1 fully saturated rings. The molecule has 2 N–H and O–H groups in total. The Labute approximate surface area is 151 Å². The minimum Gasteiger partial charge on any atom is -0.370 e. The number of halogens is 1. The highest BCUT2D eigenvalue weighted by Gasteiger charge is 2.18. The van der Waals surface area contributed by atoms with Crippen LogP contribution in [0.5, 0.6) is 0 Å². The van der Waals surface area contributed by atoms with Gasteiger partial charge in [-0.25, -0.2) is 0 Å². The summed E-state index contributed by atoms with van der Waals surface area (Å²) in [5.41, 5.74) is 0.843. The number of hydrogen-bond donors (Lipinski definition) is 2.